The average Bonchev–Trinajstić information content (AvgIpc) is 2.19. The van der Waals surface area contributed by atoms with Crippen molar-refractivity contribution in [2.75, 3.05) is 6.54 Å². The summed E-state index contributed by atoms with van der Waals surface area (Å²) in [5.74, 6) is 0. The molecule has 0 aromatic heterocycles. The zero-order valence-electron chi connectivity index (χ0n) is 7.25. The smallest absolute Gasteiger partial charge is 0.0933 e. The van der Waals surface area contributed by atoms with E-state index >= 15 is 0 Å². The molecule has 0 spiro atoms. The Bertz CT molecular complexity index is 385. The van der Waals surface area contributed by atoms with Crippen LogP contribution in [0, 0.1) is 11.3 Å². The quantitative estimate of drug-likeness (QED) is 0.601. The molecular formula is C11H10N2. The van der Waals surface area contributed by atoms with E-state index in [-0.39, 0.29) is 0 Å². The van der Waals surface area contributed by atoms with E-state index in [9.17, 15) is 0 Å². The first kappa shape index (κ1) is 7.88. The number of hydrogen-bond acceptors (Lipinski definition) is 2. The molecule has 0 unspecified atom stereocenters. The van der Waals surface area contributed by atoms with Crippen LogP contribution in [0.5, 0.6) is 0 Å². The fourth-order valence-corrected chi connectivity index (χ4v) is 1.62. The van der Waals surface area contributed by atoms with Gasteiger partial charge in [0.1, 0.15) is 0 Å². The predicted octanol–water partition coefficient (Wildman–Crippen LogP) is 1.70. The Hall–Kier alpha value is -1.75. The maximum atomic E-state index is 8.58. The normalized spacial score (nSPS) is 17.3. The molecule has 0 atom stereocenters. The van der Waals surface area contributed by atoms with Gasteiger partial charge in [-0.1, -0.05) is 24.3 Å². The topological polar surface area (TPSA) is 35.8 Å². The van der Waals surface area contributed by atoms with Gasteiger partial charge in [0, 0.05) is 18.2 Å². The average molecular weight is 170 g/mol. The largest absolute Gasteiger partial charge is 0.384 e. The summed E-state index contributed by atoms with van der Waals surface area (Å²) in [6, 6.07) is 10.2. The van der Waals surface area contributed by atoms with Gasteiger partial charge in [-0.05, 0) is 12.0 Å². The van der Waals surface area contributed by atoms with Crippen LogP contribution in [0.3, 0.4) is 0 Å². The van der Waals surface area contributed by atoms with Crippen molar-refractivity contribution >= 4 is 5.70 Å². The van der Waals surface area contributed by atoms with E-state index in [0.29, 0.717) is 0 Å². The molecule has 1 aromatic rings. The molecule has 1 aromatic carbocycles. The van der Waals surface area contributed by atoms with Crippen LogP contribution in [-0.2, 0) is 6.42 Å². The molecule has 0 saturated heterocycles. The van der Waals surface area contributed by atoms with Crippen LogP contribution in [0.1, 0.15) is 11.1 Å². The Labute approximate surface area is 77.5 Å². The molecule has 2 nitrogen and oxygen atoms in total. The summed E-state index contributed by atoms with van der Waals surface area (Å²) < 4.78 is 0. The minimum atomic E-state index is 0.921. The predicted molar refractivity (Wildman–Crippen MR) is 51.7 cm³/mol. The third-order valence-corrected chi connectivity index (χ3v) is 2.23. The molecule has 0 saturated carbocycles. The number of fused-ring (bicyclic) bond motifs is 1. The van der Waals surface area contributed by atoms with Gasteiger partial charge in [-0.3, -0.25) is 0 Å². The number of rotatable bonds is 0. The molecule has 0 radical (unpaired) electrons. The minimum absolute atomic E-state index is 0.921. The molecule has 2 heteroatoms. The number of allylic oxidation sites excluding steroid dienone is 1. The van der Waals surface area contributed by atoms with Crippen LogP contribution in [0.25, 0.3) is 5.70 Å². The van der Waals surface area contributed by atoms with Crippen LogP contribution in [0.15, 0.2) is 30.3 Å². The lowest BCUT2D eigenvalue weighted by Gasteiger charge is -2.19. The zero-order valence-corrected chi connectivity index (χ0v) is 7.25. The highest BCUT2D eigenvalue weighted by Gasteiger charge is 2.11. The molecule has 13 heavy (non-hydrogen) atoms. The zero-order chi connectivity index (χ0) is 9.10. The fraction of sp³-hybridized carbons (Fsp3) is 0.182. The van der Waals surface area contributed by atoms with Gasteiger partial charge >= 0.3 is 0 Å². The molecule has 0 fully saturated rings. The van der Waals surface area contributed by atoms with Crippen LogP contribution in [-0.4, -0.2) is 6.54 Å². The lowest BCUT2D eigenvalue weighted by atomic mass is 9.98. The molecule has 1 aliphatic heterocycles. The first-order valence-electron chi connectivity index (χ1n) is 4.34. The van der Waals surface area contributed by atoms with Crippen LogP contribution >= 0.6 is 0 Å². The molecule has 64 valence electrons. The highest BCUT2D eigenvalue weighted by Crippen LogP contribution is 2.20. The van der Waals surface area contributed by atoms with E-state index in [1.54, 1.807) is 6.08 Å². The second-order valence-electron chi connectivity index (χ2n) is 3.02. The van der Waals surface area contributed by atoms with E-state index in [2.05, 4.69) is 17.5 Å². The van der Waals surface area contributed by atoms with E-state index < -0.39 is 0 Å². The Morgan fingerprint density at radius 3 is 3.08 bits per heavy atom. The Balaban J connectivity index is 2.50. The third kappa shape index (κ3) is 1.41. The summed E-state index contributed by atoms with van der Waals surface area (Å²) in [7, 11) is 0. The van der Waals surface area contributed by atoms with Crippen molar-refractivity contribution in [3.63, 3.8) is 0 Å². The molecule has 0 aliphatic carbocycles. The van der Waals surface area contributed by atoms with Gasteiger partial charge in [-0.2, -0.15) is 5.26 Å². The Morgan fingerprint density at radius 1 is 1.38 bits per heavy atom. The van der Waals surface area contributed by atoms with Gasteiger partial charge in [0.25, 0.3) is 0 Å². The van der Waals surface area contributed by atoms with Gasteiger partial charge in [0.05, 0.1) is 11.8 Å². The van der Waals surface area contributed by atoms with Gasteiger partial charge < -0.3 is 5.32 Å². The fourth-order valence-electron chi connectivity index (χ4n) is 1.62. The van der Waals surface area contributed by atoms with Crippen molar-refractivity contribution in [2.24, 2.45) is 0 Å². The second-order valence-corrected chi connectivity index (χ2v) is 3.02. The van der Waals surface area contributed by atoms with E-state index in [1.807, 2.05) is 18.2 Å². The number of benzene rings is 1. The highest BCUT2D eigenvalue weighted by molar-refractivity contribution is 5.70. The lowest BCUT2D eigenvalue weighted by molar-refractivity contribution is 0.814. The Morgan fingerprint density at radius 2 is 2.23 bits per heavy atom. The molecule has 1 aliphatic rings. The van der Waals surface area contributed by atoms with Crippen LogP contribution in [0.4, 0.5) is 0 Å². The maximum Gasteiger partial charge on any atom is 0.0933 e. The molecule has 0 bridgehead atoms. The minimum Gasteiger partial charge on any atom is -0.384 e. The summed E-state index contributed by atoms with van der Waals surface area (Å²) >= 11 is 0. The van der Waals surface area contributed by atoms with Crippen molar-refractivity contribution in [2.45, 2.75) is 6.42 Å². The van der Waals surface area contributed by atoms with E-state index in [1.165, 1.54) is 5.56 Å². The summed E-state index contributed by atoms with van der Waals surface area (Å²) in [6.07, 6.45) is 2.61. The SMILES string of the molecule is N#C/C=C1/NCCc2ccccc21. The number of nitriles is 1. The first-order valence-corrected chi connectivity index (χ1v) is 4.34. The molecular weight excluding hydrogens is 160 g/mol. The lowest BCUT2D eigenvalue weighted by Crippen LogP contribution is -2.22. The number of nitrogens with one attached hydrogen (secondary N) is 1. The summed E-state index contributed by atoms with van der Waals surface area (Å²) in [5.41, 5.74) is 3.43. The number of nitrogens with zero attached hydrogens (tertiary/aromatic N) is 1. The molecule has 1 heterocycles. The summed E-state index contributed by atoms with van der Waals surface area (Å²) in [6.45, 7) is 0.921. The standard InChI is InChI=1S/C11H10N2/c12-7-5-11-10-4-2-1-3-9(10)6-8-13-11/h1-5,13H,6,8H2/b11-5+. The maximum absolute atomic E-state index is 8.58. The van der Waals surface area contributed by atoms with Crippen molar-refractivity contribution in [3.05, 3.63) is 41.5 Å². The van der Waals surface area contributed by atoms with Crippen molar-refractivity contribution in [3.8, 4) is 6.07 Å². The second kappa shape index (κ2) is 3.32. The molecule has 0 amide bonds. The van der Waals surface area contributed by atoms with Gasteiger partial charge in [0.15, 0.2) is 0 Å². The monoisotopic (exact) mass is 170 g/mol. The van der Waals surface area contributed by atoms with Gasteiger partial charge in [-0.15, -0.1) is 0 Å². The van der Waals surface area contributed by atoms with Gasteiger partial charge in [0.2, 0.25) is 0 Å². The number of hydrogen-bond donors (Lipinski definition) is 1. The highest BCUT2D eigenvalue weighted by atomic mass is 14.9. The van der Waals surface area contributed by atoms with Crippen LogP contribution < -0.4 is 5.32 Å². The van der Waals surface area contributed by atoms with E-state index in [0.717, 1.165) is 24.2 Å². The first-order chi connectivity index (χ1) is 6.42. The van der Waals surface area contributed by atoms with Crippen molar-refractivity contribution in [1.82, 2.24) is 5.32 Å². The molecule has 1 N–H and O–H groups in total. The van der Waals surface area contributed by atoms with Gasteiger partial charge in [-0.25, -0.2) is 0 Å². The Kier molecular flexibility index (Phi) is 2.01. The van der Waals surface area contributed by atoms with Crippen molar-refractivity contribution in [1.29, 1.82) is 5.26 Å². The van der Waals surface area contributed by atoms with E-state index in [4.69, 9.17) is 5.26 Å². The summed E-state index contributed by atoms with van der Waals surface area (Å²) in [5, 5.41) is 11.8. The molecule has 2 rings (SSSR count). The third-order valence-electron chi connectivity index (χ3n) is 2.23. The van der Waals surface area contributed by atoms with Crippen molar-refractivity contribution < 1.29 is 0 Å². The van der Waals surface area contributed by atoms with Crippen LogP contribution in [0.2, 0.25) is 0 Å². The summed E-state index contributed by atoms with van der Waals surface area (Å²) in [4.78, 5) is 0.